The highest BCUT2D eigenvalue weighted by molar-refractivity contribution is 5.89. The van der Waals surface area contributed by atoms with Gasteiger partial charge in [0, 0.05) is 5.56 Å². The summed E-state index contributed by atoms with van der Waals surface area (Å²) in [5.74, 6) is 1.49. The fourth-order valence-electron chi connectivity index (χ4n) is 4.29. The number of aryl methyl sites for hydroxylation is 5. The van der Waals surface area contributed by atoms with Gasteiger partial charge in [0.05, 0.1) is 17.1 Å². The summed E-state index contributed by atoms with van der Waals surface area (Å²) in [7, 11) is 0. The first-order valence-electron chi connectivity index (χ1n) is 11.6. The molecule has 0 spiro atoms. The van der Waals surface area contributed by atoms with E-state index in [1.165, 1.54) is 0 Å². The Morgan fingerprint density at radius 3 is 1.63 bits per heavy atom. The minimum atomic E-state index is 0.129. The molecular formula is C30H31NO4. The van der Waals surface area contributed by atoms with Crippen molar-refractivity contribution in [3.8, 4) is 28.7 Å². The molecule has 0 aliphatic heterocycles. The fourth-order valence-corrected chi connectivity index (χ4v) is 4.29. The SMILES string of the molecule is Cc1ccc(C)c(N(c2ccccc2Oc2c(C)ccc(O)c2C)c2c(C)ccc(C)c2O)c1O. The van der Waals surface area contributed by atoms with E-state index in [4.69, 9.17) is 4.74 Å². The smallest absolute Gasteiger partial charge is 0.151 e. The van der Waals surface area contributed by atoms with Gasteiger partial charge in [0.25, 0.3) is 0 Å². The first-order valence-corrected chi connectivity index (χ1v) is 11.6. The minimum absolute atomic E-state index is 0.129. The average molecular weight is 470 g/mol. The lowest BCUT2D eigenvalue weighted by atomic mass is 10.0. The standard InChI is InChI=1S/C30H31NO4/c1-17-11-13-19(3)28(33)26(17)31(27-18(2)12-14-20(4)29(27)34)23-9-7-8-10-25(23)35-30-21(5)15-16-24(32)22(30)6/h7-16,32-34H,1-6H3. The lowest BCUT2D eigenvalue weighted by molar-refractivity contribution is 0.446. The molecule has 3 N–H and O–H groups in total. The number of ether oxygens (including phenoxy) is 1. The third-order valence-corrected chi connectivity index (χ3v) is 6.45. The van der Waals surface area contributed by atoms with Crippen LogP contribution in [0.4, 0.5) is 17.1 Å². The summed E-state index contributed by atoms with van der Waals surface area (Å²) in [5, 5.41) is 32.7. The molecule has 0 amide bonds. The van der Waals surface area contributed by atoms with E-state index >= 15 is 0 Å². The Hall–Kier alpha value is -4.12. The summed E-state index contributed by atoms with van der Waals surface area (Å²) in [6.07, 6.45) is 0. The Morgan fingerprint density at radius 1 is 0.571 bits per heavy atom. The minimum Gasteiger partial charge on any atom is -0.508 e. The van der Waals surface area contributed by atoms with E-state index in [0.29, 0.717) is 34.1 Å². The molecule has 5 heteroatoms. The number of phenols is 3. The Kier molecular flexibility index (Phi) is 6.35. The summed E-state index contributed by atoms with van der Waals surface area (Å²) < 4.78 is 6.43. The summed E-state index contributed by atoms with van der Waals surface area (Å²) in [5.41, 5.74) is 6.41. The molecule has 0 saturated carbocycles. The molecule has 0 atom stereocenters. The third-order valence-electron chi connectivity index (χ3n) is 6.45. The monoisotopic (exact) mass is 469 g/mol. The van der Waals surface area contributed by atoms with Gasteiger partial charge < -0.3 is 20.1 Å². The highest BCUT2D eigenvalue weighted by atomic mass is 16.5. The van der Waals surface area contributed by atoms with Gasteiger partial charge in [-0.2, -0.15) is 0 Å². The maximum atomic E-state index is 11.2. The van der Waals surface area contributed by atoms with Gasteiger partial charge in [0.2, 0.25) is 0 Å². The Balaban J connectivity index is 2.04. The summed E-state index contributed by atoms with van der Waals surface area (Å²) in [4.78, 5) is 1.86. The molecule has 0 heterocycles. The first-order chi connectivity index (χ1) is 16.6. The molecule has 180 valence electrons. The second-order valence-corrected chi connectivity index (χ2v) is 9.05. The zero-order valence-electron chi connectivity index (χ0n) is 21.0. The lowest BCUT2D eigenvalue weighted by Crippen LogP contribution is -2.15. The molecular weight excluding hydrogens is 438 g/mol. The summed E-state index contributed by atoms with van der Waals surface area (Å²) in [6, 6.07) is 18.6. The van der Waals surface area contributed by atoms with E-state index in [1.807, 2.05) is 101 Å². The van der Waals surface area contributed by atoms with Gasteiger partial charge in [0.1, 0.15) is 23.0 Å². The Labute approximate surface area is 206 Å². The van der Waals surface area contributed by atoms with E-state index in [1.54, 1.807) is 6.07 Å². The van der Waals surface area contributed by atoms with Gasteiger partial charge in [-0.15, -0.1) is 0 Å². The van der Waals surface area contributed by atoms with Crippen LogP contribution in [0.1, 0.15) is 33.4 Å². The molecule has 0 fully saturated rings. The van der Waals surface area contributed by atoms with E-state index in [2.05, 4.69) is 0 Å². The molecule has 0 unspecified atom stereocenters. The molecule has 0 aliphatic rings. The summed E-state index contributed by atoms with van der Waals surface area (Å²) in [6.45, 7) is 11.3. The number of anilines is 3. The van der Waals surface area contributed by atoms with Crippen LogP contribution in [0.3, 0.4) is 0 Å². The number of benzene rings is 4. The number of phenolic OH excluding ortho intramolecular Hbond substituents is 3. The van der Waals surface area contributed by atoms with Crippen LogP contribution < -0.4 is 9.64 Å². The van der Waals surface area contributed by atoms with Gasteiger partial charge in [-0.05, 0) is 87.6 Å². The zero-order valence-corrected chi connectivity index (χ0v) is 21.0. The Bertz CT molecular complexity index is 1370. The normalized spacial score (nSPS) is 10.9. The second kappa shape index (κ2) is 9.26. The van der Waals surface area contributed by atoms with Crippen LogP contribution in [0.15, 0.2) is 60.7 Å². The lowest BCUT2D eigenvalue weighted by Gasteiger charge is -2.32. The van der Waals surface area contributed by atoms with Crippen molar-refractivity contribution in [2.24, 2.45) is 0 Å². The number of nitrogens with zero attached hydrogens (tertiary/aromatic N) is 1. The van der Waals surface area contributed by atoms with Crippen molar-refractivity contribution in [1.82, 2.24) is 0 Å². The van der Waals surface area contributed by atoms with Gasteiger partial charge in [0.15, 0.2) is 5.75 Å². The highest BCUT2D eigenvalue weighted by Gasteiger charge is 2.27. The van der Waals surface area contributed by atoms with Crippen molar-refractivity contribution >= 4 is 17.1 Å². The molecule has 35 heavy (non-hydrogen) atoms. The summed E-state index contributed by atoms with van der Waals surface area (Å²) >= 11 is 0. The quantitative estimate of drug-likeness (QED) is 0.277. The zero-order chi connectivity index (χ0) is 25.4. The fraction of sp³-hybridized carbons (Fsp3) is 0.200. The number of aromatic hydroxyl groups is 3. The molecule has 4 aromatic carbocycles. The van der Waals surface area contributed by atoms with Crippen molar-refractivity contribution in [2.45, 2.75) is 41.5 Å². The molecule has 0 saturated heterocycles. The van der Waals surface area contributed by atoms with Crippen molar-refractivity contribution in [3.05, 3.63) is 94.0 Å². The largest absolute Gasteiger partial charge is 0.508 e. The van der Waals surface area contributed by atoms with E-state index in [0.717, 1.165) is 27.8 Å². The average Bonchev–Trinajstić information content (AvgIpc) is 2.83. The molecule has 4 aromatic rings. The number of para-hydroxylation sites is 2. The van der Waals surface area contributed by atoms with Gasteiger partial charge >= 0.3 is 0 Å². The van der Waals surface area contributed by atoms with Crippen molar-refractivity contribution in [2.75, 3.05) is 4.90 Å². The van der Waals surface area contributed by atoms with Crippen LogP contribution >= 0.6 is 0 Å². The van der Waals surface area contributed by atoms with Crippen molar-refractivity contribution < 1.29 is 20.1 Å². The molecule has 0 aliphatic carbocycles. The predicted octanol–water partition coefficient (Wildman–Crippen LogP) is 7.92. The molecule has 0 bridgehead atoms. The number of rotatable bonds is 5. The van der Waals surface area contributed by atoms with Crippen LogP contribution in [0.25, 0.3) is 0 Å². The van der Waals surface area contributed by atoms with Crippen LogP contribution in [-0.2, 0) is 0 Å². The van der Waals surface area contributed by atoms with E-state index in [9.17, 15) is 15.3 Å². The van der Waals surface area contributed by atoms with Crippen LogP contribution in [-0.4, -0.2) is 15.3 Å². The number of hydrogen-bond donors (Lipinski definition) is 3. The second-order valence-electron chi connectivity index (χ2n) is 9.05. The van der Waals surface area contributed by atoms with Crippen LogP contribution in [0, 0.1) is 41.5 Å². The van der Waals surface area contributed by atoms with Crippen molar-refractivity contribution in [3.63, 3.8) is 0 Å². The van der Waals surface area contributed by atoms with Gasteiger partial charge in [-0.25, -0.2) is 0 Å². The molecule has 0 radical (unpaired) electrons. The van der Waals surface area contributed by atoms with Gasteiger partial charge in [-0.1, -0.05) is 42.5 Å². The topological polar surface area (TPSA) is 73.2 Å². The first kappa shape index (κ1) is 24.0. The third kappa shape index (κ3) is 4.26. The van der Waals surface area contributed by atoms with Crippen LogP contribution in [0.5, 0.6) is 28.7 Å². The van der Waals surface area contributed by atoms with Crippen molar-refractivity contribution in [1.29, 1.82) is 0 Å². The van der Waals surface area contributed by atoms with E-state index in [-0.39, 0.29) is 17.2 Å². The molecule has 0 aromatic heterocycles. The Morgan fingerprint density at radius 2 is 1.06 bits per heavy atom. The van der Waals surface area contributed by atoms with Crippen LogP contribution in [0.2, 0.25) is 0 Å². The van der Waals surface area contributed by atoms with E-state index < -0.39 is 0 Å². The number of hydrogen-bond acceptors (Lipinski definition) is 5. The molecule has 5 nitrogen and oxygen atoms in total. The maximum Gasteiger partial charge on any atom is 0.151 e. The predicted molar refractivity (Wildman–Crippen MR) is 141 cm³/mol. The van der Waals surface area contributed by atoms with Gasteiger partial charge in [-0.3, -0.25) is 4.90 Å². The highest BCUT2D eigenvalue weighted by Crippen LogP contribution is 2.51. The maximum absolute atomic E-state index is 11.2. The molecule has 4 rings (SSSR count).